The van der Waals surface area contributed by atoms with Crippen LogP contribution in [0.15, 0.2) is 0 Å². The molecule has 128 valence electrons. The molecule has 7 atom stereocenters. The maximum atomic E-state index is 6.22. The van der Waals surface area contributed by atoms with E-state index in [1.807, 2.05) is 0 Å². The molecule has 3 rings (SSSR count). The van der Waals surface area contributed by atoms with Gasteiger partial charge >= 0.3 is 0 Å². The lowest BCUT2D eigenvalue weighted by atomic mass is 9.69. The first-order valence-corrected chi connectivity index (χ1v) is 10.6. The van der Waals surface area contributed by atoms with Crippen molar-refractivity contribution in [2.45, 2.75) is 88.4 Å². The van der Waals surface area contributed by atoms with E-state index in [2.05, 4.69) is 32.5 Å². The molecule has 3 heteroatoms. The molecule has 0 amide bonds. The summed E-state index contributed by atoms with van der Waals surface area (Å²) in [4.78, 5) is 0. The molecular formula is C19H34O2S. The summed E-state index contributed by atoms with van der Waals surface area (Å²) in [5.41, 5.74) is 0. The minimum Gasteiger partial charge on any atom is -0.378 e. The molecule has 1 aliphatic heterocycles. The molecule has 1 saturated heterocycles. The van der Waals surface area contributed by atoms with Crippen LogP contribution in [0, 0.1) is 17.8 Å². The highest BCUT2D eigenvalue weighted by Crippen LogP contribution is 2.56. The van der Waals surface area contributed by atoms with E-state index in [9.17, 15) is 0 Å². The molecule has 0 radical (unpaired) electrons. The highest BCUT2D eigenvalue weighted by atomic mass is 32.2. The molecule has 2 saturated carbocycles. The lowest BCUT2D eigenvalue weighted by Crippen LogP contribution is -2.40. The Labute approximate surface area is 141 Å². The van der Waals surface area contributed by atoms with Gasteiger partial charge in [0.15, 0.2) is 0 Å². The molecule has 0 aromatic rings. The third-order valence-corrected chi connectivity index (χ3v) is 8.20. The second-order valence-electron chi connectivity index (χ2n) is 7.56. The molecule has 3 fully saturated rings. The van der Waals surface area contributed by atoms with Gasteiger partial charge in [-0.1, -0.05) is 20.3 Å². The first-order chi connectivity index (χ1) is 10.7. The molecule has 3 aliphatic rings. The van der Waals surface area contributed by atoms with Crippen molar-refractivity contribution in [2.75, 3.05) is 13.2 Å². The predicted octanol–water partition coefficient (Wildman–Crippen LogP) is 4.91. The van der Waals surface area contributed by atoms with E-state index >= 15 is 0 Å². The van der Waals surface area contributed by atoms with Gasteiger partial charge in [0.2, 0.25) is 0 Å². The fourth-order valence-corrected chi connectivity index (χ4v) is 7.27. The van der Waals surface area contributed by atoms with Gasteiger partial charge in [-0.25, -0.2) is 0 Å². The summed E-state index contributed by atoms with van der Waals surface area (Å²) in [5.74, 6) is 2.65. The van der Waals surface area contributed by atoms with E-state index in [0.717, 1.165) is 41.5 Å². The average Bonchev–Trinajstić information content (AvgIpc) is 2.89. The van der Waals surface area contributed by atoms with Crippen molar-refractivity contribution in [1.29, 1.82) is 0 Å². The molecule has 0 spiro atoms. The SMILES string of the molecule is CCCCOC1CCC2C3CCC(OCC)CC3SC2C1C. The summed E-state index contributed by atoms with van der Waals surface area (Å²) in [5, 5.41) is 1.70. The Morgan fingerprint density at radius 1 is 1.00 bits per heavy atom. The van der Waals surface area contributed by atoms with Crippen molar-refractivity contribution in [1.82, 2.24) is 0 Å². The molecule has 2 aliphatic carbocycles. The lowest BCUT2D eigenvalue weighted by Gasteiger charge is -2.39. The van der Waals surface area contributed by atoms with Crippen molar-refractivity contribution in [3.05, 3.63) is 0 Å². The minimum atomic E-state index is 0.517. The number of unbranched alkanes of at least 4 members (excludes halogenated alkanes) is 1. The van der Waals surface area contributed by atoms with Gasteiger partial charge in [0.1, 0.15) is 0 Å². The van der Waals surface area contributed by atoms with Crippen LogP contribution in [0.5, 0.6) is 0 Å². The van der Waals surface area contributed by atoms with Crippen molar-refractivity contribution in [3.8, 4) is 0 Å². The Hall–Kier alpha value is 0.270. The van der Waals surface area contributed by atoms with E-state index in [0.29, 0.717) is 12.2 Å². The van der Waals surface area contributed by atoms with Crippen molar-refractivity contribution in [3.63, 3.8) is 0 Å². The van der Waals surface area contributed by atoms with Crippen LogP contribution in [0.3, 0.4) is 0 Å². The number of hydrogen-bond acceptors (Lipinski definition) is 3. The Morgan fingerprint density at radius 3 is 2.59 bits per heavy atom. The fourth-order valence-electron chi connectivity index (χ4n) is 5.03. The molecule has 2 nitrogen and oxygen atoms in total. The molecule has 0 N–H and O–H groups in total. The van der Waals surface area contributed by atoms with E-state index < -0.39 is 0 Å². The van der Waals surface area contributed by atoms with Gasteiger partial charge in [-0.05, 0) is 63.2 Å². The summed E-state index contributed by atoms with van der Waals surface area (Å²) in [6, 6.07) is 0. The zero-order valence-electron chi connectivity index (χ0n) is 14.6. The monoisotopic (exact) mass is 326 g/mol. The summed E-state index contributed by atoms with van der Waals surface area (Å²) in [6.45, 7) is 8.68. The molecule has 0 aromatic heterocycles. The fraction of sp³-hybridized carbons (Fsp3) is 1.00. The smallest absolute Gasteiger partial charge is 0.0611 e. The van der Waals surface area contributed by atoms with Crippen LogP contribution in [0.25, 0.3) is 0 Å². The van der Waals surface area contributed by atoms with E-state index in [1.54, 1.807) is 0 Å². The second-order valence-corrected chi connectivity index (χ2v) is 8.98. The van der Waals surface area contributed by atoms with Gasteiger partial charge in [0, 0.05) is 23.7 Å². The van der Waals surface area contributed by atoms with Gasteiger partial charge in [-0.3, -0.25) is 0 Å². The molecule has 0 aromatic carbocycles. The summed E-state index contributed by atoms with van der Waals surface area (Å²) >= 11 is 2.30. The third-order valence-electron chi connectivity index (χ3n) is 6.22. The number of fused-ring (bicyclic) bond motifs is 3. The normalized spacial score (nSPS) is 44.6. The Bertz CT molecular complexity index is 348. The summed E-state index contributed by atoms with van der Waals surface area (Å²) in [7, 11) is 0. The van der Waals surface area contributed by atoms with Gasteiger partial charge in [-0.2, -0.15) is 11.8 Å². The molecular weight excluding hydrogens is 292 g/mol. The number of hydrogen-bond donors (Lipinski definition) is 0. The molecule has 22 heavy (non-hydrogen) atoms. The highest BCUT2D eigenvalue weighted by molar-refractivity contribution is 8.00. The third kappa shape index (κ3) is 3.52. The quantitative estimate of drug-likeness (QED) is 0.646. The van der Waals surface area contributed by atoms with Crippen molar-refractivity contribution < 1.29 is 9.47 Å². The van der Waals surface area contributed by atoms with Crippen LogP contribution in [-0.4, -0.2) is 35.9 Å². The first-order valence-electron chi connectivity index (χ1n) is 9.63. The molecule has 7 unspecified atom stereocenters. The van der Waals surface area contributed by atoms with Crippen molar-refractivity contribution in [2.24, 2.45) is 17.8 Å². The van der Waals surface area contributed by atoms with Crippen LogP contribution in [0.4, 0.5) is 0 Å². The van der Waals surface area contributed by atoms with E-state index in [-0.39, 0.29) is 0 Å². The highest BCUT2D eigenvalue weighted by Gasteiger charge is 2.51. The van der Waals surface area contributed by atoms with Gasteiger partial charge in [0.05, 0.1) is 12.2 Å². The van der Waals surface area contributed by atoms with Crippen molar-refractivity contribution >= 4 is 11.8 Å². The number of ether oxygens (including phenoxy) is 2. The van der Waals surface area contributed by atoms with E-state index in [1.165, 1.54) is 44.9 Å². The number of thioether (sulfide) groups is 1. The maximum absolute atomic E-state index is 6.22. The molecule has 0 bridgehead atoms. The van der Waals surface area contributed by atoms with Crippen LogP contribution in [-0.2, 0) is 9.47 Å². The minimum absolute atomic E-state index is 0.517. The zero-order chi connectivity index (χ0) is 15.5. The topological polar surface area (TPSA) is 18.5 Å². The zero-order valence-corrected chi connectivity index (χ0v) is 15.4. The maximum Gasteiger partial charge on any atom is 0.0611 e. The molecule has 1 heterocycles. The van der Waals surface area contributed by atoms with Gasteiger partial charge in [0.25, 0.3) is 0 Å². The summed E-state index contributed by atoms with van der Waals surface area (Å²) in [6.07, 6.45) is 10.2. The Kier molecular flexibility index (Phi) is 6.14. The number of rotatable bonds is 6. The Morgan fingerprint density at radius 2 is 1.82 bits per heavy atom. The van der Waals surface area contributed by atoms with Gasteiger partial charge in [-0.15, -0.1) is 0 Å². The predicted molar refractivity (Wildman–Crippen MR) is 94.5 cm³/mol. The second kappa shape index (κ2) is 7.90. The van der Waals surface area contributed by atoms with E-state index in [4.69, 9.17) is 9.47 Å². The average molecular weight is 327 g/mol. The van der Waals surface area contributed by atoms with Crippen LogP contribution >= 0.6 is 11.8 Å². The summed E-state index contributed by atoms with van der Waals surface area (Å²) < 4.78 is 12.1. The first kappa shape index (κ1) is 17.1. The standard InChI is InChI=1S/C19H34O2S/c1-4-6-11-21-17-10-9-16-15-8-7-14(20-5-2)12-18(15)22-19(16)13(17)3/h13-19H,4-12H2,1-3H3. The van der Waals surface area contributed by atoms with Gasteiger partial charge < -0.3 is 9.47 Å². The largest absolute Gasteiger partial charge is 0.378 e. The van der Waals surface area contributed by atoms with Crippen LogP contribution in [0.2, 0.25) is 0 Å². The van der Waals surface area contributed by atoms with Crippen LogP contribution < -0.4 is 0 Å². The Balaban J connectivity index is 1.57. The van der Waals surface area contributed by atoms with Crippen LogP contribution in [0.1, 0.15) is 65.7 Å². The lowest BCUT2D eigenvalue weighted by molar-refractivity contribution is -0.0251.